The summed E-state index contributed by atoms with van der Waals surface area (Å²) in [4.78, 5) is 25.5. The van der Waals surface area contributed by atoms with E-state index in [1.54, 1.807) is 4.90 Å². The van der Waals surface area contributed by atoms with E-state index < -0.39 is 29.0 Å². The molecule has 1 aromatic carbocycles. The summed E-state index contributed by atoms with van der Waals surface area (Å²) in [7, 11) is 0. The van der Waals surface area contributed by atoms with Gasteiger partial charge in [0.25, 0.3) is 0 Å². The van der Waals surface area contributed by atoms with Crippen LogP contribution in [0.15, 0.2) is 12.1 Å². The fourth-order valence-corrected chi connectivity index (χ4v) is 2.12. The Morgan fingerprint density at radius 3 is 2.32 bits per heavy atom. The van der Waals surface area contributed by atoms with E-state index in [2.05, 4.69) is 10.6 Å². The Morgan fingerprint density at radius 2 is 1.72 bits per heavy atom. The second kappa shape index (κ2) is 10.0. The number of benzene rings is 1. The summed E-state index contributed by atoms with van der Waals surface area (Å²) in [6.45, 7) is 6.71. The van der Waals surface area contributed by atoms with Gasteiger partial charge in [-0.1, -0.05) is 20.8 Å². The zero-order valence-corrected chi connectivity index (χ0v) is 14.7. The van der Waals surface area contributed by atoms with E-state index in [9.17, 15) is 22.8 Å². The minimum Gasteiger partial charge on any atom is -0.355 e. The molecule has 140 valence electrons. The Hall–Kier alpha value is -2.09. The number of hydrogen-bond acceptors (Lipinski definition) is 3. The van der Waals surface area contributed by atoms with Crippen LogP contribution in [0, 0.1) is 23.4 Å². The molecule has 0 aliphatic heterocycles. The van der Waals surface area contributed by atoms with E-state index in [-0.39, 0.29) is 19.0 Å². The molecule has 0 aliphatic rings. The third-order valence-electron chi connectivity index (χ3n) is 3.29. The fourth-order valence-electron chi connectivity index (χ4n) is 2.12. The highest BCUT2D eigenvalue weighted by Crippen LogP contribution is 2.19. The van der Waals surface area contributed by atoms with Gasteiger partial charge >= 0.3 is 0 Å². The van der Waals surface area contributed by atoms with Crippen LogP contribution in [0.25, 0.3) is 0 Å². The molecule has 0 heterocycles. The maximum Gasteiger partial charge on any atom is 0.238 e. The fraction of sp³-hybridized carbons (Fsp3) is 0.529. The third-order valence-corrected chi connectivity index (χ3v) is 3.29. The Balaban J connectivity index is 2.64. The van der Waals surface area contributed by atoms with Crippen molar-refractivity contribution in [3.8, 4) is 0 Å². The number of carbonyl (C=O) groups is 2. The summed E-state index contributed by atoms with van der Waals surface area (Å²) in [5.74, 6) is -4.95. The maximum atomic E-state index is 13.6. The first-order valence-electron chi connectivity index (χ1n) is 8.17. The van der Waals surface area contributed by atoms with Gasteiger partial charge in [-0.15, -0.1) is 0 Å². The molecule has 5 nitrogen and oxygen atoms in total. The van der Waals surface area contributed by atoms with Crippen LogP contribution in [0.2, 0.25) is 0 Å². The van der Waals surface area contributed by atoms with Crippen LogP contribution >= 0.6 is 0 Å². The average Bonchev–Trinajstić information content (AvgIpc) is 2.53. The zero-order chi connectivity index (χ0) is 19.0. The summed E-state index contributed by atoms with van der Waals surface area (Å²) >= 11 is 0. The average molecular weight is 359 g/mol. The van der Waals surface area contributed by atoms with Crippen LogP contribution in [-0.2, 0) is 9.59 Å². The minimum atomic E-state index is -1.64. The van der Waals surface area contributed by atoms with Crippen molar-refractivity contribution >= 4 is 17.5 Å². The minimum absolute atomic E-state index is 0.0221. The van der Waals surface area contributed by atoms with Gasteiger partial charge in [0.2, 0.25) is 11.8 Å². The number of nitrogens with zero attached hydrogens (tertiary/aromatic N) is 1. The molecule has 0 unspecified atom stereocenters. The van der Waals surface area contributed by atoms with Gasteiger partial charge in [0.15, 0.2) is 17.5 Å². The number of nitrogens with one attached hydrogen (secondary N) is 2. The molecular formula is C17H24F3N3O2. The molecule has 0 radical (unpaired) electrons. The number of hydrogen-bond donors (Lipinski definition) is 2. The molecular weight excluding hydrogens is 335 g/mol. The molecule has 2 amide bonds. The molecule has 0 aliphatic carbocycles. The number of carbonyl (C=O) groups excluding carboxylic acids is 2. The molecule has 0 aromatic heterocycles. The molecule has 0 saturated heterocycles. The number of rotatable bonds is 9. The highest BCUT2D eigenvalue weighted by molar-refractivity contribution is 5.92. The Labute approximate surface area is 145 Å². The van der Waals surface area contributed by atoms with Gasteiger partial charge in [0.05, 0.1) is 18.8 Å². The Bertz CT molecular complexity index is 609. The Morgan fingerprint density at radius 1 is 1.08 bits per heavy atom. The molecule has 0 saturated carbocycles. The van der Waals surface area contributed by atoms with Gasteiger partial charge in [-0.05, 0) is 31.0 Å². The molecule has 2 N–H and O–H groups in total. The third kappa shape index (κ3) is 7.13. The molecule has 8 heteroatoms. The van der Waals surface area contributed by atoms with Crippen LogP contribution in [0.5, 0.6) is 0 Å². The lowest BCUT2D eigenvalue weighted by Crippen LogP contribution is -2.42. The second-order valence-electron chi connectivity index (χ2n) is 6.18. The van der Waals surface area contributed by atoms with Gasteiger partial charge in [-0.2, -0.15) is 0 Å². The topological polar surface area (TPSA) is 61.4 Å². The van der Waals surface area contributed by atoms with Crippen LogP contribution in [0.4, 0.5) is 18.9 Å². The van der Waals surface area contributed by atoms with Crippen molar-refractivity contribution in [2.24, 2.45) is 5.92 Å². The van der Waals surface area contributed by atoms with E-state index in [0.717, 1.165) is 12.1 Å². The molecule has 25 heavy (non-hydrogen) atoms. The molecule has 1 aromatic rings. The number of anilines is 1. The lowest BCUT2D eigenvalue weighted by molar-refractivity contribution is -0.123. The van der Waals surface area contributed by atoms with Crippen molar-refractivity contribution < 1.29 is 22.8 Å². The van der Waals surface area contributed by atoms with Gasteiger partial charge < -0.3 is 10.6 Å². The van der Waals surface area contributed by atoms with Gasteiger partial charge in [-0.3, -0.25) is 14.5 Å². The molecule has 0 bridgehead atoms. The maximum absolute atomic E-state index is 13.6. The zero-order valence-electron chi connectivity index (χ0n) is 14.7. The van der Waals surface area contributed by atoms with Crippen molar-refractivity contribution in [3.05, 3.63) is 29.6 Å². The molecule has 0 spiro atoms. The predicted molar refractivity (Wildman–Crippen MR) is 89.5 cm³/mol. The van der Waals surface area contributed by atoms with Crippen molar-refractivity contribution in [2.45, 2.75) is 27.2 Å². The highest BCUT2D eigenvalue weighted by Gasteiger charge is 2.18. The van der Waals surface area contributed by atoms with Crippen LogP contribution in [0.3, 0.4) is 0 Å². The quantitative estimate of drug-likeness (QED) is 0.666. The molecule has 0 fully saturated rings. The predicted octanol–water partition coefficient (Wildman–Crippen LogP) is 2.53. The lowest BCUT2D eigenvalue weighted by atomic mass is 10.2. The van der Waals surface area contributed by atoms with Gasteiger partial charge in [-0.25, -0.2) is 13.2 Å². The highest BCUT2D eigenvalue weighted by atomic mass is 19.2. The van der Waals surface area contributed by atoms with E-state index in [1.165, 1.54) is 0 Å². The van der Waals surface area contributed by atoms with Crippen LogP contribution < -0.4 is 10.6 Å². The van der Waals surface area contributed by atoms with E-state index >= 15 is 0 Å². The van der Waals surface area contributed by atoms with E-state index in [1.807, 2.05) is 20.8 Å². The normalized spacial score (nSPS) is 11.0. The molecule has 0 atom stereocenters. The van der Waals surface area contributed by atoms with Crippen molar-refractivity contribution in [2.75, 3.05) is 31.5 Å². The first kappa shape index (κ1) is 21.0. The van der Waals surface area contributed by atoms with Crippen LogP contribution in [0.1, 0.15) is 27.2 Å². The van der Waals surface area contributed by atoms with Crippen LogP contribution in [-0.4, -0.2) is 42.9 Å². The monoisotopic (exact) mass is 359 g/mol. The number of halogens is 3. The second-order valence-corrected chi connectivity index (χ2v) is 6.18. The summed E-state index contributed by atoms with van der Waals surface area (Å²) in [5, 5.41) is 4.95. The smallest absolute Gasteiger partial charge is 0.238 e. The summed E-state index contributed by atoms with van der Waals surface area (Å²) in [6, 6.07) is 1.68. The van der Waals surface area contributed by atoms with Crippen molar-refractivity contribution in [3.63, 3.8) is 0 Å². The number of amides is 2. The first-order chi connectivity index (χ1) is 11.7. The summed E-state index contributed by atoms with van der Waals surface area (Å²) < 4.78 is 39.7. The molecule has 1 rings (SSSR count). The van der Waals surface area contributed by atoms with Gasteiger partial charge in [0.1, 0.15) is 0 Å². The van der Waals surface area contributed by atoms with E-state index in [4.69, 9.17) is 0 Å². The van der Waals surface area contributed by atoms with Gasteiger partial charge in [0, 0.05) is 6.54 Å². The first-order valence-corrected chi connectivity index (χ1v) is 8.17. The van der Waals surface area contributed by atoms with Crippen molar-refractivity contribution in [1.82, 2.24) is 10.2 Å². The van der Waals surface area contributed by atoms with Crippen molar-refractivity contribution in [1.29, 1.82) is 0 Å². The SMILES string of the molecule is CCCN(CC(=O)NCC(C)C)CC(=O)Nc1ccc(F)c(F)c1F. The largest absolute Gasteiger partial charge is 0.355 e. The Kier molecular flexibility index (Phi) is 8.40. The summed E-state index contributed by atoms with van der Waals surface area (Å²) in [5.41, 5.74) is -0.440. The van der Waals surface area contributed by atoms with E-state index in [0.29, 0.717) is 25.4 Å². The lowest BCUT2D eigenvalue weighted by Gasteiger charge is -2.21. The standard InChI is InChI=1S/C17H24F3N3O2/c1-4-7-23(9-14(24)21-8-11(2)3)10-15(25)22-13-6-5-12(18)16(19)17(13)20/h5-6,11H,4,7-10H2,1-3H3,(H,21,24)(H,22,25). The summed E-state index contributed by atoms with van der Waals surface area (Å²) in [6.07, 6.45) is 0.713.